The molecule has 1 aromatic carbocycles. The maximum Gasteiger partial charge on any atom is 0.307 e. The van der Waals surface area contributed by atoms with E-state index < -0.39 is 11.2 Å². The van der Waals surface area contributed by atoms with Crippen LogP contribution in [-0.2, 0) is 19.9 Å². The summed E-state index contributed by atoms with van der Waals surface area (Å²) in [4.78, 5) is 11.3. The number of carbonyl (C=O) groups excluding carboxylic acids is 1. The van der Waals surface area contributed by atoms with Crippen molar-refractivity contribution in [2.24, 2.45) is 0 Å². The first-order chi connectivity index (χ1) is 8.51. The Morgan fingerprint density at radius 1 is 1.61 bits per heavy atom. The highest BCUT2D eigenvalue weighted by Gasteiger charge is 2.56. The van der Waals surface area contributed by atoms with Gasteiger partial charge in [0.15, 0.2) is 5.60 Å². The summed E-state index contributed by atoms with van der Waals surface area (Å²) < 4.78 is 10.6. The van der Waals surface area contributed by atoms with Crippen LogP contribution in [0.3, 0.4) is 0 Å². The van der Waals surface area contributed by atoms with E-state index in [2.05, 4.69) is 0 Å². The number of alkyl halides is 1. The zero-order valence-corrected chi connectivity index (χ0v) is 11.7. The Kier molecular flexibility index (Phi) is 3.85. The summed E-state index contributed by atoms with van der Waals surface area (Å²) >= 11 is 12.3. The fraction of sp³-hybridized carbons (Fsp3) is 0.462. The first-order valence-electron chi connectivity index (χ1n) is 5.74. The zero-order valence-electron chi connectivity index (χ0n) is 10.2. The van der Waals surface area contributed by atoms with Gasteiger partial charge in [-0.05, 0) is 18.6 Å². The van der Waals surface area contributed by atoms with Crippen LogP contribution < -0.4 is 0 Å². The van der Waals surface area contributed by atoms with Crippen LogP contribution in [0.2, 0.25) is 5.02 Å². The average molecular weight is 289 g/mol. The van der Waals surface area contributed by atoms with Gasteiger partial charge in [-0.2, -0.15) is 0 Å². The number of epoxide rings is 1. The minimum atomic E-state index is -0.858. The van der Waals surface area contributed by atoms with Crippen LogP contribution in [0.15, 0.2) is 18.2 Å². The second-order valence-electron chi connectivity index (χ2n) is 4.27. The van der Waals surface area contributed by atoms with Gasteiger partial charge in [0.05, 0.1) is 6.61 Å². The van der Waals surface area contributed by atoms with Crippen molar-refractivity contribution in [1.29, 1.82) is 0 Å². The quantitative estimate of drug-likeness (QED) is 0.484. The molecule has 3 nitrogen and oxygen atoms in total. The van der Waals surface area contributed by atoms with E-state index in [9.17, 15) is 4.79 Å². The normalized spacial score (nSPS) is 23.6. The summed E-state index contributed by atoms with van der Waals surface area (Å²) in [5.74, 6) is -0.352. The molecule has 98 valence electrons. The Labute approximate surface area is 116 Å². The largest absolute Gasteiger partial charge is 0.442 e. The predicted molar refractivity (Wildman–Crippen MR) is 69.8 cm³/mol. The summed E-state index contributed by atoms with van der Waals surface area (Å²) in [6.45, 7) is 4.05. The lowest BCUT2D eigenvalue weighted by Gasteiger charge is -2.21. The highest BCUT2D eigenvalue weighted by Crippen LogP contribution is 2.48. The molecule has 1 aliphatic rings. The number of halogens is 2. The highest BCUT2D eigenvalue weighted by molar-refractivity contribution is 6.31. The molecule has 1 aliphatic heterocycles. The van der Waals surface area contributed by atoms with Crippen LogP contribution in [0.5, 0.6) is 0 Å². The van der Waals surface area contributed by atoms with E-state index in [1.54, 1.807) is 13.0 Å². The van der Waals surface area contributed by atoms with Crippen molar-refractivity contribution in [2.75, 3.05) is 6.61 Å². The third-order valence-electron chi connectivity index (χ3n) is 2.99. The second-order valence-corrected chi connectivity index (χ2v) is 5.07. The minimum absolute atomic E-state index is 0.279. The van der Waals surface area contributed by atoms with Gasteiger partial charge < -0.3 is 9.47 Å². The van der Waals surface area contributed by atoms with Gasteiger partial charge in [0.2, 0.25) is 5.56 Å². The average Bonchev–Trinajstić information content (AvgIpc) is 3.10. The molecule has 0 bridgehead atoms. The van der Waals surface area contributed by atoms with E-state index in [0.29, 0.717) is 11.6 Å². The molecule has 1 fully saturated rings. The second kappa shape index (κ2) is 5.08. The van der Waals surface area contributed by atoms with Crippen LogP contribution in [0.4, 0.5) is 0 Å². The molecule has 2 atom stereocenters. The van der Waals surface area contributed by atoms with Gasteiger partial charge in [0.1, 0.15) is 0 Å². The number of ether oxygens (including phenoxy) is 2. The molecule has 2 rings (SSSR count). The van der Waals surface area contributed by atoms with Crippen LogP contribution in [-0.4, -0.2) is 18.1 Å². The first-order valence-corrected chi connectivity index (χ1v) is 6.56. The molecular weight excluding hydrogens is 275 g/mol. The van der Waals surface area contributed by atoms with E-state index >= 15 is 0 Å². The zero-order chi connectivity index (χ0) is 13.3. The smallest absolute Gasteiger partial charge is 0.307 e. The number of carbonyl (C=O) groups is 1. The van der Waals surface area contributed by atoms with E-state index in [-0.39, 0.29) is 12.4 Å². The molecular formula is C13H14Cl2O3. The van der Waals surface area contributed by atoms with Gasteiger partial charge in [0.25, 0.3) is 0 Å². The third kappa shape index (κ3) is 2.35. The van der Waals surface area contributed by atoms with Crippen LogP contribution in [0, 0.1) is 6.92 Å². The van der Waals surface area contributed by atoms with Crippen molar-refractivity contribution in [3.05, 3.63) is 34.3 Å². The Morgan fingerprint density at radius 2 is 2.28 bits per heavy atom. The molecule has 2 unspecified atom stereocenters. The molecule has 0 amide bonds. The van der Waals surface area contributed by atoms with Gasteiger partial charge in [-0.25, -0.2) is 0 Å². The highest BCUT2D eigenvalue weighted by atomic mass is 35.5. The molecule has 0 aromatic heterocycles. The van der Waals surface area contributed by atoms with Crippen molar-refractivity contribution < 1.29 is 14.3 Å². The minimum Gasteiger partial charge on any atom is -0.442 e. The summed E-state index contributed by atoms with van der Waals surface area (Å²) in [6, 6.07) is 5.56. The molecule has 1 heterocycles. The van der Waals surface area contributed by atoms with Gasteiger partial charge >= 0.3 is 5.97 Å². The number of hydrogen-bond acceptors (Lipinski definition) is 3. The number of hydrogen-bond donors (Lipinski definition) is 0. The van der Waals surface area contributed by atoms with E-state index in [4.69, 9.17) is 32.7 Å². The molecule has 18 heavy (non-hydrogen) atoms. The first kappa shape index (κ1) is 13.7. The van der Waals surface area contributed by atoms with Crippen molar-refractivity contribution in [3.8, 4) is 0 Å². The molecule has 1 aromatic rings. The lowest BCUT2D eigenvalue weighted by Crippen LogP contribution is -2.29. The summed E-state index contributed by atoms with van der Waals surface area (Å²) in [5, 5.41) is 0.575. The summed E-state index contributed by atoms with van der Waals surface area (Å²) in [5.41, 5.74) is 0.117. The van der Waals surface area contributed by atoms with E-state index in [1.807, 2.05) is 19.1 Å². The third-order valence-corrected chi connectivity index (χ3v) is 3.75. The maximum absolute atomic E-state index is 11.3. The number of rotatable bonds is 4. The molecule has 0 aliphatic carbocycles. The fourth-order valence-electron chi connectivity index (χ4n) is 1.93. The van der Waals surface area contributed by atoms with Crippen molar-refractivity contribution >= 4 is 29.2 Å². The monoisotopic (exact) mass is 288 g/mol. The molecule has 5 heteroatoms. The SMILES string of the molecule is CCC(=O)OC(Cl)C1(c2c(C)cccc2Cl)CO1. The Balaban J connectivity index is 2.29. The van der Waals surface area contributed by atoms with Crippen LogP contribution in [0.25, 0.3) is 0 Å². The lowest BCUT2D eigenvalue weighted by atomic mass is 9.95. The van der Waals surface area contributed by atoms with E-state index in [1.165, 1.54) is 0 Å². The lowest BCUT2D eigenvalue weighted by molar-refractivity contribution is -0.147. The Morgan fingerprint density at radius 3 is 2.78 bits per heavy atom. The standard InChI is InChI=1S/C13H14Cl2O3/c1-3-10(16)18-12(15)13(7-17-13)11-8(2)5-4-6-9(11)14/h4-6,12H,3,7H2,1-2H3. The van der Waals surface area contributed by atoms with Crippen molar-refractivity contribution in [1.82, 2.24) is 0 Å². The molecule has 0 saturated carbocycles. The maximum atomic E-state index is 11.3. The van der Waals surface area contributed by atoms with E-state index in [0.717, 1.165) is 11.1 Å². The van der Waals surface area contributed by atoms with Gasteiger partial charge in [-0.1, -0.05) is 42.3 Å². The number of esters is 1. The van der Waals surface area contributed by atoms with Crippen molar-refractivity contribution in [2.45, 2.75) is 31.4 Å². The topological polar surface area (TPSA) is 38.8 Å². The number of aryl methyl sites for hydroxylation is 1. The Bertz CT molecular complexity index is 449. The molecule has 1 saturated heterocycles. The summed E-state index contributed by atoms with van der Waals surface area (Å²) in [6.07, 6.45) is 0.279. The van der Waals surface area contributed by atoms with Gasteiger partial charge in [-0.15, -0.1) is 0 Å². The molecule has 0 radical (unpaired) electrons. The van der Waals surface area contributed by atoms with Crippen LogP contribution >= 0.6 is 23.2 Å². The fourth-order valence-corrected chi connectivity index (χ4v) is 2.64. The summed E-state index contributed by atoms with van der Waals surface area (Å²) in [7, 11) is 0. The van der Waals surface area contributed by atoms with Gasteiger partial charge in [0, 0.05) is 17.0 Å². The van der Waals surface area contributed by atoms with Crippen molar-refractivity contribution in [3.63, 3.8) is 0 Å². The predicted octanol–water partition coefficient (Wildman–Crippen LogP) is 3.39. The molecule has 0 N–H and O–H groups in total. The number of benzene rings is 1. The molecule has 0 spiro atoms. The van der Waals surface area contributed by atoms with Gasteiger partial charge in [-0.3, -0.25) is 4.79 Å². The van der Waals surface area contributed by atoms with Crippen LogP contribution in [0.1, 0.15) is 24.5 Å². The Hall–Kier alpha value is -0.770.